The minimum Gasteiger partial charge on any atom is -0.494 e. The minimum atomic E-state index is 0.662. The van der Waals surface area contributed by atoms with Gasteiger partial charge in [-0.25, -0.2) is 4.98 Å². The SMILES string of the molecule is CCCOc1ccc(OCCSc2nc3ccccc3s2)cc1. The van der Waals surface area contributed by atoms with Crippen molar-refractivity contribution >= 4 is 33.3 Å². The van der Waals surface area contributed by atoms with Gasteiger partial charge in [0.15, 0.2) is 4.34 Å². The molecule has 0 saturated heterocycles. The molecular formula is C18H19NO2S2. The Bertz CT molecular complexity index is 707. The highest BCUT2D eigenvalue weighted by Crippen LogP contribution is 2.29. The highest BCUT2D eigenvalue weighted by Gasteiger charge is 2.03. The molecule has 0 unspecified atom stereocenters. The molecule has 3 aromatic rings. The number of thioether (sulfide) groups is 1. The van der Waals surface area contributed by atoms with Crippen LogP contribution in [0.15, 0.2) is 52.9 Å². The lowest BCUT2D eigenvalue weighted by Crippen LogP contribution is -2.00. The topological polar surface area (TPSA) is 31.4 Å². The van der Waals surface area contributed by atoms with E-state index in [4.69, 9.17) is 9.47 Å². The second-order valence-electron chi connectivity index (χ2n) is 4.96. The summed E-state index contributed by atoms with van der Waals surface area (Å²) in [5, 5.41) is 0. The second kappa shape index (κ2) is 8.22. The van der Waals surface area contributed by atoms with E-state index in [0.717, 1.165) is 40.1 Å². The molecule has 0 aliphatic heterocycles. The molecule has 5 heteroatoms. The first-order valence-electron chi connectivity index (χ1n) is 7.69. The summed E-state index contributed by atoms with van der Waals surface area (Å²) in [7, 11) is 0. The summed E-state index contributed by atoms with van der Waals surface area (Å²) in [6.45, 7) is 3.51. The van der Waals surface area contributed by atoms with Gasteiger partial charge in [0.05, 0.1) is 23.4 Å². The Balaban J connectivity index is 1.44. The molecule has 3 nitrogen and oxygen atoms in total. The molecule has 0 fully saturated rings. The van der Waals surface area contributed by atoms with E-state index in [1.54, 1.807) is 23.1 Å². The number of para-hydroxylation sites is 1. The third-order valence-corrected chi connectivity index (χ3v) is 5.29. The summed E-state index contributed by atoms with van der Waals surface area (Å²) >= 11 is 3.47. The molecule has 120 valence electrons. The Labute approximate surface area is 144 Å². The number of fused-ring (bicyclic) bond motifs is 1. The number of hydrogen-bond acceptors (Lipinski definition) is 5. The van der Waals surface area contributed by atoms with Crippen molar-refractivity contribution in [1.82, 2.24) is 4.98 Å². The van der Waals surface area contributed by atoms with Crippen LogP contribution in [0, 0.1) is 0 Å². The van der Waals surface area contributed by atoms with E-state index in [9.17, 15) is 0 Å². The number of benzene rings is 2. The fraction of sp³-hybridized carbons (Fsp3) is 0.278. The molecule has 0 radical (unpaired) electrons. The van der Waals surface area contributed by atoms with Crippen LogP contribution in [0.3, 0.4) is 0 Å². The number of hydrogen-bond donors (Lipinski definition) is 0. The maximum atomic E-state index is 5.76. The standard InChI is InChI=1S/C18H19NO2S2/c1-2-11-20-14-7-9-15(10-8-14)21-12-13-22-18-19-16-5-3-4-6-17(16)23-18/h3-10H,2,11-13H2,1H3. The van der Waals surface area contributed by atoms with Gasteiger partial charge in [0.25, 0.3) is 0 Å². The number of rotatable bonds is 8. The molecular weight excluding hydrogens is 326 g/mol. The first-order chi connectivity index (χ1) is 11.3. The zero-order valence-corrected chi connectivity index (χ0v) is 14.7. The summed E-state index contributed by atoms with van der Waals surface area (Å²) in [4.78, 5) is 4.61. The van der Waals surface area contributed by atoms with Crippen LogP contribution in [0.5, 0.6) is 11.5 Å². The highest BCUT2D eigenvalue weighted by molar-refractivity contribution is 8.01. The molecule has 0 atom stereocenters. The average Bonchev–Trinajstić information content (AvgIpc) is 3.01. The average molecular weight is 345 g/mol. The van der Waals surface area contributed by atoms with E-state index in [2.05, 4.69) is 24.0 Å². The largest absolute Gasteiger partial charge is 0.494 e. The summed E-state index contributed by atoms with van der Waals surface area (Å²) in [5.41, 5.74) is 1.07. The van der Waals surface area contributed by atoms with Gasteiger partial charge in [0.1, 0.15) is 11.5 Å². The van der Waals surface area contributed by atoms with Crippen molar-refractivity contribution in [2.45, 2.75) is 17.7 Å². The predicted octanol–water partition coefficient (Wildman–Crippen LogP) is 5.26. The first kappa shape index (κ1) is 16.1. The fourth-order valence-electron chi connectivity index (χ4n) is 2.05. The van der Waals surface area contributed by atoms with Crippen LogP contribution in [-0.4, -0.2) is 24.0 Å². The Hall–Kier alpha value is -1.72. The van der Waals surface area contributed by atoms with E-state index in [1.807, 2.05) is 36.4 Å². The number of nitrogens with zero attached hydrogens (tertiary/aromatic N) is 1. The normalized spacial score (nSPS) is 10.8. The molecule has 0 aliphatic rings. The molecule has 3 rings (SSSR count). The molecule has 1 heterocycles. The van der Waals surface area contributed by atoms with Crippen molar-refractivity contribution in [3.63, 3.8) is 0 Å². The third-order valence-electron chi connectivity index (χ3n) is 3.15. The summed E-state index contributed by atoms with van der Waals surface area (Å²) in [6.07, 6.45) is 1.02. The fourth-order valence-corrected chi connectivity index (χ4v) is 4.01. The van der Waals surface area contributed by atoms with Gasteiger partial charge < -0.3 is 9.47 Å². The van der Waals surface area contributed by atoms with Crippen molar-refractivity contribution < 1.29 is 9.47 Å². The Morgan fingerprint density at radius 2 is 1.65 bits per heavy atom. The quantitative estimate of drug-likeness (QED) is 0.412. The van der Waals surface area contributed by atoms with E-state index in [0.29, 0.717) is 6.61 Å². The van der Waals surface area contributed by atoms with Gasteiger partial charge in [-0.15, -0.1) is 11.3 Å². The molecule has 2 aromatic carbocycles. The van der Waals surface area contributed by atoms with Crippen molar-refractivity contribution in [1.29, 1.82) is 0 Å². The molecule has 0 bridgehead atoms. The molecule has 1 aromatic heterocycles. The Morgan fingerprint density at radius 3 is 2.35 bits per heavy atom. The van der Waals surface area contributed by atoms with Crippen LogP contribution in [0.4, 0.5) is 0 Å². The number of aromatic nitrogens is 1. The van der Waals surface area contributed by atoms with Gasteiger partial charge in [0.2, 0.25) is 0 Å². The molecule has 0 aliphatic carbocycles. The van der Waals surface area contributed by atoms with Crippen LogP contribution < -0.4 is 9.47 Å². The van der Waals surface area contributed by atoms with E-state index >= 15 is 0 Å². The lowest BCUT2D eigenvalue weighted by atomic mass is 10.3. The number of thiazole rings is 1. The van der Waals surface area contributed by atoms with Crippen LogP contribution in [0.2, 0.25) is 0 Å². The first-order valence-corrected chi connectivity index (χ1v) is 9.49. The predicted molar refractivity (Wildman–Crippen MR) is 98.1 cm³/mol. The van der Waals surface area contributed by atoms with Crippen LogP contribution >= 0.6 is 23.1 Å². The second-order valence-corrected chi connectivity index (χ2v) is 7.34. The maximum absolute atomic E-state index is 5.76. The number of ether oxygens (including phenoxy) is 2. The Kier molecular flexibility index (Phi) is 5.77. The third kappa shape index (κ3) is 4.62. The summed E-state index contributed by atoms with van der Waals surface area (Å²) < 4.78 is 13.6. The molecule has 23 heavy (non-hydrogen) atoms. The van der Waals surface area contributed by atoms with E-state index < -0.39 is 0 Å². The highest BCUT2D eigenvalue weighted by atomic mass is 32.2. The lowest BCUT2D eigenvalue weighted by molar-refractivity contribution is 0.314. The van der Waals surface area contributed by atoms with Gasteiger partial charge in [0, 0.05) is 5.75 Å². The zero-order chi connectivity index (χ0) is 15.9. The monoisotopic (exact) mass is 345 g/mol. The lowest BCUT2D eigenvalue weighted by Gasteiger charge is -2.07. The van der Waals surface area contributed by atoms with Gasteiger partial charge in [-0.3, -0.25) is 0 Å². The maximum Gasteiger partial charge on any atom is 0.151 e. The van der Waals surface area contributed by atoms with Crippen LogP contribution in [0.1, 0.15) is 13.3 Å². The van der Waals surface area contributed by atoms with E-state index in [1.165, 1.54) is 4.70 Å². The minimum absolute atomic E-state index is 0.662. The zero-order valence-electron chi connectivity index (χ0n) is 13.0. The molecule has 0 spiro atoms. The van der Waals surface area contributed by atoms with Crippen LogP contribution in [0.25, 0.3) is 10.2 Å². The van der Waals surface area contributed by atoms with Crippen molar-refractivity contribution in [2.24, 2.45) is 0 Å². The molecule has 0 N–H and O–H groups in total. The summed E-state index contributed by atoms with van der Waals surface area (Å²) in [5.74, 6) is 2.65. The van der Waals surface area contributed by atoms with Gasteiger partial charge in [-0.2, -0.15) is 0 Å². The smallest absolute Gasteiger partial charge is 0.151 e. The van der Waals surface area contributed by atoms with Gasteiger partial charge in [-0.1, -0.05) is 30.8 Å². The molecule has 0 amide bonds. The van der Waals surface area contributed by atoms with Crippen LogP contribution in [-0.2, 0) is 0 Å². The van der Waals surface area contributed by atoms with Crippen molar-refractivity contribution in [3.8, 4) is 11.5 Å². The van der Waals surface area contributed by atoms with Crippen molar-refractivity contribution in [2.75, 3.05) is 19.0 Å². The van der Waals surface area contributed by atoms with Gasteiger partial charge in [-0.05, 0) is 42.8 Å². The molecule has 0 saturated carbocycles. The Morgan fingerprint density at radius 1 is 0.957 bits per heavy atom. The summed E-state index contributed by atoms with van der Waals surface area (Å²) in [6, 6.07) is 16.0. The van der Waals surface area contributed by atoms with E-state index in [-0.39, 0.29) is 0 Å². The van der Waals surface area contributed by atoms with Gasteiger partial charge >= 0.3 is 0 Å². The van der Waals surface area contributed by atoms with Crippen molar-refractivity contribution in [3.05, 3.63) is 48.5 Å².